The van der Waals surface area contributed by atoms with Crippen LogP contribution in [-0.2, 0) is 0 Å². The minimum absolute atomic E-state index is 0.580. The maximum Gasteiger partial charge on any atom is 0.165 e. The van der Waals surface area contributed by atoms with Crippen LogP contribution in [0.25, 0.3) is 16.9 Å². The van der Waals surface area contributed by atoms with Gasteiger partial charge < -0.3 is 5.32 Å². The fourth-order valence-electron chi connectivity index (χ4n) is 1.85. The van der Waals surface area contributed by atoms with Gasteiger partial charge in [0.1, 0.15) is 5.82 Å². The number of anilines is 1. The summed E-state index contributed by atoms with van der Waals surface area (Å²) in [5, 5.41) is 16.2. The summed E-state index contributed by atoms with van der Waals surface area (Å²) in [5.41, 5.74) is 2.19. The molecule has 3 aromatic heterocycles. The Labute approximate surface area is 109 Å². The highest BCUT2D eigenvalue weighted by atomic mass is 15.2. The van der Waals surface area contributed by atoms with Crippen molar-refractivity contribution in [2.75, 3.05) is 12.4 Å². The van der Waals surface area contributed by atoms with Crippen LogP contribution in [0.2, 0.25) is 0 Å². The molecule has 0 saturated carbocycles. The van der Waals surface area contributed by atoms with Crippen molar-refractivity contribution in [2.24, 2.45) is 0 Å². The van der Waals surface area contributed by atoms with Gasteiger partial charge in [-0.15, -0.1) is 0 Å². The number of fused-ring (bicyclic) bond motifs is 1. The smallest absolute Gasteiger partial charge is 0.165 e. The van der Waals surface area contributed by atoms with Crippen molar-refractivity contribution in [3.8, 4) is 17.5 Å². The van der Waals surface area contributed by atoms with E-state index < -0.39 is 0 Å². The number of hydrogen-bond acceptors (Lipinski definition) is 5. The first-order valence-corrected chi connectivity index (χ1v) is 5.70. The van der Waals surface area contributed by atoms with E-state index in [0.717, 1.165) is 16.9 Å². The predicted molar refractivity (Wildman–Crippen MR) is 70.5 cm³/mol. The third-order valence-electron chi connectivity index (χ3n) is 2.80. The van der Waals surface area contributed by atoms with Gasteiger partial charge in [0.2, 0.25) is 0 Å². The Morgan fingerprint density at radius 3 is 3.05 bits per heavy atom. The zero-order chi connectivity index (χ0) is 13.2. The van der Waals surface area contributed by atoms with Crippen LogP contribution in [0.5, 0.6) is 0 Å². The summed E-state index contributed by atoms with van der Waals surface area (Å²) < 4.78 is 1.70. The van der Waals surface area contributed by atoms with Crippen LogP contribution in [0.1, 0.15) is 5.56 Å². The minimum Gasteiger partial charge on any atom is -0.373 e. The van der Waals surface area contributed by atoms with Gasteiger partial charge in [-0.2, -0.15) is 10.4 Å². The molecule has 0 saturated heterocycles. The maximum absolute atomic E-state index is 8.96. The second kappa shape index (κ2) is 4.38. The van der Waals surface area contributed by atoms with Gasteiger partial charge in [-0.3, -0.25) is 0 Å². The van der Waals surface area contributed by atoms with E-state index in [9.17, 15) is 0 Å². The largest absolute Gasteiger partial charge is 0.373 e. The molecule has 6 heteroatoms. The zero-order valence-electron chi connectivity index (χ0n) is 10.2. The molecule has 3 heterocycles. The number of nitrogens with zero attached hydrogens (tertiary/aromatic N) is 5. The predicted octanol–water partition coefficient (Wildman–Crippen LogP) is 1.70. The lowest BCUT2D eigenvalue weighted by Crippen LogP contribution is -1.95. The first-order chi connectivity index (χ1) is 9.31. The van der Waals surface area contributed by atoms with Crippen LogP contribution >= 0.6 is 0 Å². The Balaban J connectivity index is 2.21. The third kappa shape index (κ3) is 1.87. The Morgan fingerprint density at radius 1 is 1.37 bits per heavy atom. The van der Waals surface area contributed by atoms with Crippen LogP contribution in [-0.4, -0.2) is 26.6 Å². The quantitative estimate of drug-likeness (QED) is 0.749. The lowest BCUT2D eigenvalue weighted by molar-refractivity contribution is 0.960. The zero-order valence-corrected chi connectivity index (χ0v) is 10.2. The second-order valence-electron chi connectivity index (χ2n) is 3.93. The minimum atomic E-state index is 0.580. The Bertz CT molecular complexity index is 783. The highest BCUT2D eigenvalue weighted by molar-refractivity contribution is 5.77. The van der Waals surface area contributed by atoms with Gasteiger partial charge in [0.15, 0.2) is 5.82 Å². The number of rotatable bonds is 2. The molecule has 0 aromatic carbocycles. The maximum atomic E-state index is 8.96. The molecule has 0 spiro atoms. The van der Waals surface area contributed by atoms with Gasteiger partial charge in [0.05, 0.1) is 28.9 Å². The van der Waals surface area contributed by atoms with Crippen molar-refractivity contribution < 1.29 is 0 Å². The lowest BCUT2D eigenvalue weighted by Gasteiger charge is -2.01. The molecule has 0 aliphatic rings. The summed E-state index contributed by atoms with van der Waals surface area (Å²) >= 11 is 0. The topological polar surface area (TPSA) is 78.9 Å². The molecule has 0 atom stereocenters. The van der Waals surface area contributed by atoms with E-state index in [4.69, 9.17) is 5.26 Å². The van der Waals surface area contributed by atoms with E-state index in [2.05, 4.69) is 26.5 Å². The van der Waals surface area contributed by atoms with Gasteiger partial charge in [-0.1, -0.05) is 0 Å². The average molecular weight is 250 g/mol. The Kier molecular flexibility index (Phi) is 2.58. The Morgan fingerprint density at radius 2 is 2.26 bits per heavy atom. The summed E-state index contributed by atoms with van der Waals surface area (Å²) in [7, 11) is 1.80. The molecule has 19 heavy (non-hydrogen) atoms. The Hall–Kier alpha value is -2.94. The third-order valence-corrected chi connectivity index (χ3v) is 2.80. The SMILES string of the molecule is CNc1ccnc(-c2cnn3ccc(C#N)cc23)n1. The lowest BCUT2D eigenvalue weighted by atomic mass is 10.2. The van der Waals surface area contributed by atoms with E-state index in [-0.39, 0.29) is 0 Å². The summed E-state index contributed by atoms with van der Waals surface area (Å²) in [4.78, 5) is 8.63. The molecule has 3 aromatic rings. The van der Waals surface area contributed by atoms with E-state index in [1.165, 1.54) is 0 Å². The molecule has 0 unspecified atom stereocenters. The van der Waals surface area contributed by atoms with Crippen LogP contribution in [0.3, 0.4) is 0 Å². The van der Waals surface area contributed by atoms with E-state index >= 15 is 0 Å². The fraction of sp³-hybridized carbons (Fsp3) is 0.0769. The molecule has 0 aliphatic heterocycles. The van der Waals surface area contributed by atoms with Crippen molar-refractivity contribution >= 4 is 11.3 Å². The van der Waals surface area contributed by atoms with E-state index in [0.29, 0.717) is 11.4 Å². The average Bonchev–Trinajstić information content (AvgIpc) is 2.90. The van der Waals surface area contributed by atoms with Crippen molar-refractivity contribution in [1.29, 1.82) is 5.26 Å². The number of nitrogens with one attached hydrogen (secondary N) is 1. The summed E-state index contributed by atoms with van der Waals surface area (Å²) in [6.07, 6.45) is 5.14. The number of nitriles is 1. The molecular formula is C13H10N6. The molecule has 6 nitrogen and oxygen atoms in total. The summed E-state index contributed by atoms with van der Waals surface area (Å²) in [6.45, 7) is 0. The number of aromatic nitrogens is 4. The van der Waals surface area contributed by atoms with Crippen molar-refractivity contribution in [3.05, 3.63) is 42.4 Å². The second-order valence-corrected chi connectivity index (χ2v) is 3.93. The summed E-state index contributed by atoms with van der Waals surface area (Å²) in [5.74, 6) is 1.32. The first-order valence-electron chi connectivity index (χ1n) is 5.70. The molecule has 0 bridgehead atoms. The highest BCUT2D eigenvalue weighted by Gasteiger charge is 2.10. The van der Waals surface area contributed by atoms with Gasteiger partial charge in [0.25, 0.3) is 0 Å². The fourth-order valence-corrected chi connectivity index (χ4v) is 1.85. The van der Waals surface area contributed by atoms with Crippen LogP contribution in [0, 0.1) is 11.3 Å². The molecule has 3 rings (SSSR count). The van der Waals surface area contributed by atoms with Crippen molar-refractivity contribution in [3.63, 3.8) is 0 Å². The van der Waals surface area contributed by atoms with Crippen LogP contribution < -0.4 is 5.32 Å². The highest BCUT2D eigenvalue weighted by Crippen LogP contribution is 2.22. The van der Waals surface area contributed by atoms with Crippen LogP contribution in [0.15, 0.2) is 36.8 Å². The molecule has 92 valence electrons. The molecule has 0 radical (unpaired) electrons. The van der Waals surface area contributed by atoms with Gasteiger partial charge >= 0.3 is 0 Å². The van der Waals surface area contributed by atoms with Gasteiger partial charge in [-0.25, -0.2) is 14.5 Å². The number of pyridine rings is 1. The molecular weight excluding hydrogens is 240 g/mol. The van der Waals surface area contributed by atoms with Gasteiger partial charge in [0, 0.05) is 19.4 Å². The van der Waals surface area contributed by atoms with Gasteiger partial charge in [-0.05, 0) is 18.2 Å². The summed E-state index contributed by atoms with van der Waals surface area (Å²) in [6, 6.07) is 7.40. The van der Waals surface area contributed by atoms with E-state index in [1.807, 2.05) is 0 Å². The molecule has 1 N–H and O–H groups in total. The number of hydrogen-bond donors (Lipinski definition) is 1. The molecule has 0 fully saturated rings. The monoisotopic (exact) mass is 250 g/mol. The van der Waals surface area contributed by atoms with Crippen molar-refractivity contribution in [2.45, 2.75) is 0 Å². The standard InChI is InChI=1S/C13H10N6/c1-15-12-2-4-16-13(18-12)10-8-17-19-5-3-9(7-14)6-11(10)19/h2-6,8H,1H3,(H,15,16,18). The molecule has 0 aliphatic carbocycles. The normalized spacial score (nSPS) is 10.3. The first kappa shape index (κ1) is 11.2. The van der Waals surface area contributed by atoms with Crippen LogP contribution in [0.4, 0.5) is 5.82 Å². The molecule has 0 amide bonds. The van der Waals surface area contributed by atoms with Crippen molar-refractivity contribution in [1.82, 2.24) is 19.6 Å². The van der Waals surface area contributed by atoms with E-state index in [1.54, 1.807) is 48.4 Å².